The highest BCUT2D eigenvalue weighted by Crippen LogP contribution is 2.37. The van der Waals surface area contributed by atoms with Crippen molar-refractivity contribution in [1.82, 2.24) is 0 Å². The number of hydrogen-bond acceptors (Lipinski definition) is 3. The Balaban J connectivity index is 1.66. The molecule has 0 aromatic heterocycles. The molecular weight excluding hydrogens is 427 g/mol. The summed E-state index contributed by atoms with van der Waals surface area (Å²) in [6.45, 7) is 0. The van der Waals surface area contributed by atoms with Gasteiger partial charge < -0.3 is 5.32 Å². The summed E-state index contributed by atoms with van der Waals surface area (Å²) in [5, 5.41) is 5.25. The van der Waals surface area contributed by atoms with E-state index in [0.717, 1.165) is 10.8 Å². The van der Waals surface area contributed by atoms with Crippen LogP contribution < -0.4 is 10.2 Å². The Bertz CT molecular complexity index is 1390. The van der Waals surface area contributed by atoms with Crippen LogP contribution in [0.2, 0.25) is 5.02 Å². The second-order valence-corrected chi connectivity index (χ2v) is 7.77. The van der Waals surface area contributed by atoms with Crippen LogP contribution in [0.3, 0.4) is 0 Å². The zero-order valence-electron chi connectivity index (χ0n) is 16.7. The van der Waals surface area contributed by atoms with Gasteiger partial charge in [-0.25, -0.2) is 9.29 Å². The first-order valence-electron chi connectivity index (χ1n) is 9.92. The van der Waals surface area contributed by atoms with Crippen LogP contribution in [0.25, 0.3) is 16.3 Å². The molecule has 4 nitrogen and oxygen atoms in total. The lowest BCUT2D eigenvalue weighted by atomic mass is 10.0. The van der Waals surface area contributed by atoms with E-state index in [2.05, 4.69) is 5.32 Å². The maximum absolute atomic E-state index is 13.6. The molecule has 0 fully saturated rings. The van der Waals surface area contributed by atoms with Gasteiger partial charge in [-0.05, 0) is 53.4 Å². The molecule has 6 heteroatoms. The topological polar surface area (TPSA) is 49.4 Å². The zero-order chi connectivity index (χ0) is 22.2. The number of imide groups is 1. The number of hydrogen-bond donors (Lipinski definition) is 1. The molecule has 0 saturated carbocycles. The van der Waals surface area contributed by atoms with Crippen LogP contribution in [0.15, 0.2) is 96.7 Å². The van der Waals surface area contributed by atoms with Gasteiger partial charge in [0.15, 0.2) is 0 Å². The maximum Gasteiger partial charge on any atom is 0.282 e. The summed E-state index contributed by atoms with van der Waals surface area (Å²) >= 11 is 6.02. The van der Waals surface area contributed by atoms with Crippen molar-refractivity contribution < 1.29 is 14.0 Å². The molecular formula is C26H16ClFN2O2. The Labute approximate surface area is 188 Å². The molecule has 0 atom stereocenters. The Hall–Kier alpha value is -3.96. The average Bonchev–Trinajstić information content (AvgIpc) is 3.05. The maximum atomic E-state index is 13.6. The molecule has 4 aromatic carbocycles. The number of carbonyl (C=O) groups is 2. The summed E-state index contributed by atoms with van der Waals surface area (Å²) in [6, 6.07) is 25.4. The van der Waals surface area contributed by atoms with Gasteiger partial charge in [0.25, 0.3) is 11.8 Å². The lowest BCUT2D eigenvalue weighted by Crippen LogP contribution is -2.32. The van der Waals surface area contributed by atoms with E-state index in [4.69, 9.17) is 11.6 Å². The Kier molecular flexibility index (Phi) is 4.96. The molecule has 0 radical (unpaired) electrons. The van der Waals surface area contributed by atoms with Crippen LogP contribution in [-0.2, 0) is 9.59 Å². The highest BCUT2D eigenvalue weighted by atomic mass is 35.5. The molecule has 0 saturated heterocycles. The summed E-state index contributed by atoms with van der Waals surface area (Å²) in [4.78, 5) is 28.4. The van der Waals surface area contributed by atoms with E-state index in [1.165, 1.54) is 29.2 Å². The molecule has 156 valence electrons. The monoisotopic (exact) mass is 442 g/mol. The Morgan fingerprint density at radius 2 is 1.44 bits per heavy atom. The van der Waals surface area contributed by atoms with Crippen LogP contribution in [-0.4, -0.2) is 11.8 Å². The number of nitrogens with zero attached hydrogens (tertiary/aromatic N) is 1. The predicted octanol–water partition coefficient (Wildman–Crippen LogP) is 6.03. The largest absolute Gasteiger partial charge is 0.350 e. The molecule has 4 aromatic rings. The first-order chi connectivity index (χ1) is 15.5. The van der Waals surface area contributed by atoms with E-state index >= 15 is 0 Å². The van der Waals surface area contributed by atoms with Crippen molar-refractivity contribution in [3.8, 4) is 0 Å². The second kappa shape index (κ2) is 7.94. The fraction of sp³-hybridized carbons (Fsp3) is 0. The molecule has 0 spiro atoms. The molecule has 0 aliphatic carbocycles. The highest BCUT2D eigenvalue weighted by Gasteiger charge is 2.40. The van der Waals surface area contributed by atoms with Gasteiger partial charge in [0, 0.05) is 16.1 Å². The number of amides is 2. The normalized spacial score (nSPS) is 13.9. The van der Waals surface area contributed by atoms with E-state index in [1.54, 1.807) is 30.3 Å². The van der Waals surface area contributed by atoms with Crippen LogP contribution in [0, 0.1) is 5.82 Å². The van der Waals surface area contributed by atoms with Gasteiger partial charge in [-0.3, -0.25) is 9.59 Å². The van der Waals surface area contributed by atoms with Gasteiger partial charge in [-0.15, -0.1) is 0 Å². The van der Waals surface area contributed by atoms with E-state index < -0.39 is 17.6 Å². The summed E-state index contributed by atoms with van der Waals surface area (Å²) in [7, 11) is 0. The van der Waals surface area contributed by atoms with E-state index in [9.17, 15) is 14.0 Å². The number of carbonyl (C=O) groups excluding carboxylic acids is 2. The zero-order valence-corrected chi connectivity index (χ0v) is 17.4. The number of halogens is 2. The lowest BCUT2D eigenvalue weighted by molar-refractivity contribution is -0.120. The number of anilines is 2. The number of rotatable bonds is 4. The predicted molar refractivity (Wildman–Crippen MR) is 125 cm³/mol. The van der Waals surface area contributed by atoms with Crippen LogP contribution in [0.5, 0.6) is 0 Å². The molecule has 1 N–H and O–H groups in total. The van der Waals surface area contributed by atoms with Crippen molar-refractivity contribution >= 4 is 51.1 Å². The standard InChI is InChI=1S/C26H16ClFN2O2/c27-18-10-8-17(9-11-18)23-24(29-20-14-12-19(28)13-15-20)26(32)30(25(23)31)22-7-3-5-16-4-1-2-6-21(16)22/h1-15,29H. The summed E-state index contributed by atoms with van der Waals surface area (Å²) in [6.07, 6.45) is 0. The third-order valence-corrected chi connectivity index (χ3v) is 5.59. The van der Waals surface area contributed by atoms with Gasteiger partial charge in [0.2, 0.25) is 0 Å². The van der Waals surface area contributed by atoms with Crippen molar-refractivity contribution in [2.45, 2.75) is 0 Å². The average molecular weight is 443 g/mol. The number of fused-ring (bicyclic) bond motifs is 1. The molecule has 1 aliphatic heterocycles. The first kappa shape index (κ1) is 20.0. The number of benzene rings is 4. The van der Waals surface area contributed by atoms with E-state index in [0.29, 0.717) is 22.0 Å². The van der Waals surface area contributed by atoms with Crippen molar-refractivity contribution in [2.75, 3.05) is 10.2 Å². The van der Waals surface area contributed by atoms with Crippen molar-refractivity contribution in [3.63, 3.8) is 0 Å². The second-order valence-electron chi connectivity index (χ2n) is 7.33. The fourth-order valence-electron chi connectivity index (χ4n) is 3.83. The Morgan fingerprint density at radius 1 is 0.750 bits per heavy atom. The third-order valence-electron chi connectivity index (χ3n) is 5.34. The van der Waals surface area contributed by atoms with E-state index in [1.807, 2.05) is 36.4 Å². The fourth-order valence-corrected chi connectivity index (χ4v) is 3.96. The summed E-state index contributed by atoms with van der Waals surface area (Å²) in [5.41, 5.74) is 1.90. The van der Waals surface area contributed by atoms with Crippen molar-refractivity contribution in [2.24, 2.45) is 0 Å². The third kappa shape index (κ3) is 3.43. The smallest absolute Gasteiger partial charge is 0.282 e. The van der Waals surface area contributed by atoms with Gasteiger partial charge in [-0.2, -0.15) is 0 Å². The van der Waals surface area contributed by atoms with Gasteiger partial charge in [0.05, 0.1) is 11.3 Å². The van der Waals surface area contributed by atoms with Gasteiger partial charge >= 0.3 is 0 Å². The first-order valence-corrected chi connectivity index (χ1v) is 10.3. The molecule has 32 heavy (non-hydrogen) atoms. The quantitative estimate of drug-likeness (QED) is 0.393. The SMILES string of the molecule is O=C1C(Nc2ccc(F)cc2)=C(c2ccc(Cl)cc2)C(=O)N1c1cccc2ccccc12. The highest BCUT2D eigenvalue weighted by molar-refractivity contribution is 6.47. The van der Waals surface area contributed by atoms with Gasteiger partial charge in [0.1, 0.15) is 11.5 Å². The minimum Gasteiger partial charge on any atom is -0.350 e. The molecule has 1 aliphatic rings. The van der Waals surface area contributed by atoms with Gasteiger partial charge in [-0.1, -0.05) is 60.1 Å². The van der Waals surface area contributed by atoms with Crippen LogP contribution in [0.4, 0.5) is 15.8 Å². The Morgan fingerprint density at radius 3 is 2.19 bits per heavy atom. The molecule has 0 bridgehead atoms. The van der Waals surface area contributed by atoms with Crippen LogP contribution >= 0.6 is 11.6 Å². The lowest BCUT2D eigenvalue weighted by Gasteiger charge is -2.18. The molecule has 0 unspecified atom stereocenters. The number of nitrogens with one attached hydrogen (secondary N) is 1. The van der Waals surface area contributed by atoms with Crippen LogP contribution in [0.1, 0.15) is 5.56 Å². The van der Waals surface area contributed by atoms with E-state index in [-0.39, 0.29) is 11.3 Å². The minimum atomic E-state index is -0.486. The molecule has 2 amide bonds. The minimum absolute atomic E-state index is 0.122. The summed E-state index contributed by atoms with van der Waals surface area (Å²) in [5.74, 6) is -1.33. The van der Waals surface area contributed by atoms with Crippen molar-refractivity contribution in [1.29, 1.82) is 0 Å². The molecule has 1 heterocycles. The molecule has 5 rings (SSSR count). The summed E-state index contributed by atoms with van der Waals surface area (Å²) < 4.78 is 13.4. The van der Waals surface area contributed by atoms with Crippen molar-refractivity contribution in [3.05, 3.63) is 113 Å².